The van der Waals surface area contributed by atoms with E-state index in [2.05, 4.69) is 33.8 Å². The number of hydrogen-bond acceptors (Lipinski definition) is 3. The maximum atomic E-state index is 12.0. The predicted molar refractivity (Wildman–Crippen MR) is 81.7 cm³/mol. The van der Waals surface area contributed by atoms with Crippen molar-refractivity contribution >= 4 is 17.2 Å². The zero-order chi connectivity index (χ0) is 13.8. The summed E-state index contributed by atoms with van der Waals surface area (Å²) in [4.78, 5) is 15.5. The quantitative estimate of drug-likeness (QED) is 0.826. The first-order valence-electron chi connectivity index (χ1n) is 6.91. The Bertz CT molecular complexity index is 553. The van der Waals surface area contributed by atoms with E-state index in [0.717, 1.165) is 26.1 Å². The fourth-order valence-electron chi connectivity index (χ4n) is 2.30. The third kappa shape index (κ3) is 3.46. The van der Waals surface area contributed by atoms with Gasteiger partial charge in [-0.05, 0) is 23.4 Å². The SMILES string of the molecule is O=C(NCCc1cccs1)C1CN1Cc1ccccc1. The van der Waals surface area contributed by atoms with E-state index in [1.165, 1.54) is 10.4 Å². The summed E-state index contributed by atoms with van der Waals surface area (Å²) in [5, 5.41) is 5.09. The number of benzene rings is 1. The Balaban J connectivity index is 1.39. The van der Waals surface area contributed by atoms with E-state index in [0.29, 0.717) is 0 Å². The molecule has 1 N–H and O–H groups in total. The molecule has 1 fully saturated rings. The normalized spacial score (nSPS) is 20.6. The van der Waals surface area contributed by atoms with Gasteiger partial charge in [0.2, 0.25) is 5.91 Å². The molecule has 3 rings (SSSR count). The van der Waals surface area contributed by atoms with Gasteiger partial charge in [-0.1, -0.05) is 36.4 Å². The molecule has 2 aromatic rings. The molecule has 2 heterocycles. The molecule has 0 aliphatic carbocycles. The van der Waals surface area contributed by atoms with E-state index in [9.17, 15) is 4.79 Å². The molecule has 2 atom stereocenters. The van der Waals surface area contributed by atoms with Crippen LogP contribution in [0.5, 0.6) is 0 Å². The van der Waals surface area contributed by atoms with Crippen LogP contribution in [0.15, 0.2) is 47.8 Å². The molecule has 0 bridgehead atoms. The number of thiophene rings is 1. The van der Waals surface area contributed by atoms with E-state index in [4.69, 9.17) is 0 Å². The zero-order valence-electron chi connectivity index (χ0n) is 11.3. The average molecular weight is 286 g/mol. The summed E-state index contributed by atoms with van der Waals surface area (Å²) in [5.74, 6) is 0.164. The molecule has 3 nitrogen and oxygen atoms in total. The fraction of sp³-hybridized carbons (Fsp3) is 0.312. The molecule has 104 valence electrons. The van der Waals surface area contributed by atoms with Crippen LogP contribution in [0.3, 0.4) is 0 Å². The summed E-state index contributed by atoms with van der Waals surface area (Å²) in [6, 6.07) is 14.5. The Hall–Kier alpha value is -1.65. The average Bonchev–Trinajstić information content (AvgIpc) is 3.03. The molecule has 1 aromatic carbocycles. The van der Waals surface area contributed by atoms with Crippen LogP contribution in [0, 0.1) is 0 Å². The van der Waals surface area contributed by atoms with Gasteiger partial charge in [-0.2, -0.15) is 0 Å². The molecule has 1 amide bonds. The Morgan fingerprint density at radius 3 is 2.85 bits per heavy atom. The molecular formula is C16H18N2OS. The van der Waals surface area contributed by atoms with Crippen molar-refractivity contribution in [1.29, 1.82) is 0 Å². The first-order valence-corrected chi connectivity index (χ1v) is 7.79. The van der Waals surface area contributed by atoms with E-state index in [1.54, 1.807) is 11.3 Å². The first-order chi connectivity index (χ1) is 9.83. The van der Waals surface area contributed by atoms with Gasteiger partial charge in [-0.25, -0.2) is 0 Å². The molecule has 1 aromatic heterocycles. The second kappa shape index (κ2) is 6.20. The molecule has 4 heteroatoms. The van der Waals surface area contributed by atoms with E-state index >= 15 is 0 Å². The molecule has 1 aliphatic rings. The molecule has 2 unspecified atom stereocenters. The second-order valence-electron chi connectivity index (χ2n) is 5.05. The molecule has 1 saturated heterocycles. The van der Waals surface area contributed by atoms with Gasteiger partial charge in [0.05, 0.1) is 0 Å². The van der Waals surface area contributed by atoms with E-state index in [1.807, 2.05) is 24.3 Å². The van der Waals surface area contributed by atoms with Gasteiger partial charge >= 0.3 is 0 Å². The van der Waals surface area contributed by atoms with Crippen molar-refractivity contribution in [3.63, 3.8) is 0 Å². The molecular weight excluding hydrogens is 268 g/mol. The minimum atomic E-state index is 0.0681. The summed E-state index contributed by atoms with van der Waals surface area (Å²) in [7, 11) is 0. The van der Waals surface area contributed by atoms with Gasteiger partial charge in [0.15, 0.2) is 0 Å². The minimum Gasteiger partial charge on any atom is -0.354 e. The number of carbonyl (C=O) groups excluding carboxylic acids is 1. The second-order valence-corrected chi connectivity index (χ2v) is 6.08. The standard InChI is InChI=1S/C16H18N2OS/c19-16(17-9-8-14-7-4-10-20-14)15-12-18(15)11-13-5-2-1-3-6-13/h1-7,10,15H,8-9,11-12H2,(H,17,19). The van der Waals surface area contributed by atoms with Crippen LogP contribution in [0.25, 0.3) is 0 Å². The lowest BCUT2D eigenvalue weighted by atomic mass is 10.2. The number of carbonyl (C=O) groups is 1. The highest BCUT2D eigenvalue weighted by Crippen LogP contribution is 2.21. The van der Waals surface area contributed by atoms with Crippen molar-refractivity contribution in [1.82, 2.24) is 10.2 Å². The number of amides is 1. The zero-order valence-corrected chi connectivity index (χ0v) is 12.1. The van der Waals surface area contributed by atoms with Crippen LogP contribution >= 0.6 is 11.3 Å². The van der Waals surface area contributed by atoms with Gasteiger partial charge in [-0.15, -0.1) is 11.3 Å². The molecule has 1 aliphatic heterocycles. The smallest absolute Gasteiger partial charge is 0.238 e. The van der Waals surface area contributed by atoms with Gasteiger partial charge in [0.1, 0.15) is 6.04 Å². The van der Waals surface area contributed by atoms with Crippen molar-refractivity contribution in [2.75, 3.05) is 13.1 Å². The number of nitrogens with zero attached hydrogens (tertiary/aromatic N) is 1. The third-order valence-electron chi connectivity index (χ3n) is 3.50. The monoisotopic (exact) mass is 286 g/mol. The first kappa shape index (κ1) is 13.3. The third-order valence-corrected chi connectivity index (χ3v) is 4.43. The summed E-state index contributed by atoms with van der Waals surface area (Å²) in [6.45, 7) is 2.47. The molecule has 20 heavy (non-hydrogen) atoms. The highest BCUT2D eigenvalue weighted by atomic mass is 32.1. The maximum Gasteiger partial charge on any atom is 0.238 e. The summed E-state index contributed by atoms with van der Waals surface area (Å²) < 4.78 is 0. The largest absolute Gasteiger partial charge is 0.354 e. The van der Waals surface area contributed by atoms with Crippen LogP contribution in [-0.2, 0) is 17.8 Å². The Labute approximate surface area is 123 Å². The van der Waals surface area contributed by atoms with Crippen molar-refractivity contribution in [2.24, 2.45) is 0 Å². The van der Waals surface area contributed by atoms with Crippen molar-refractivity contribution in [3.8, 4) is 0 Å². The highest BCUT2D eigenvalue weighted by molar-refractivity contribution is 7.09. The lowest BCUT2D eigenvalue weighted by Crippen LogP contribution is -2.31. The van der Waals surface area contributed by atoms with Crippen molar-refractivity contribution in [3.05, 3.63) is 58.3 Å². The fourth-order valence-corrected chi connectivity index (χ4v) is 3.01. The van der Waals surface area contributed by atoms with E-state index < -0.39 is 0 Å². The van der Waals surface area contributed by atoms with Crippen molar-refractivity contribution in [2.45, 2.75) is 19.0 Å². The summed E-state index contributed by atoms with van der Waals surface area (Å²) in [5.41, 5.74) is 1.27. The summed E-state index contributed by atoms with van der Waals surface area (Å²) in [6.07, 6.45) is 0.925. The minimum absolute atomic E-state index is 0.0681. The Morgan fingerprint density at radius 1 is 1.25 bits per heavy atom. The maximum absolute atomic E-state index is 12.0. The van der Waals surface area contributed by atoms with Crippen LogP contribution in [-0.4, -0.2) is 29.9 Å². The lowest BCUT2D eigenvalue weighted by molar-refractivity contribution is -0.121. The Kier molecular flexibility index (Phi) is 4.14. The summed E-state index contributed by atoms with van der Waals surface area (Å²) >= 11 is 1.74. The molecule has 0 spiro atoms. The predicted octanol–water partition coefficient (Wildman–Crippen LogP) is 2.29. The molecule has 0 radical (unpaired) electrons. The number of nitrogens with one attached hydrogen (secondary N) is 1. The number of hydrogen-bond donors (Lipinski definition) is 1. The number of rotatable bonds is 6. The Morgan fingerprint density at radius 2 is 2.10 bits per heavy atom. The van der Waals surface area contributed by atoms with Gasteiger partial charge in [-0.3, -0.25) is 9.69 Å². The van der Waals surface area contributed by atoms with Crippen LogP contribution < -0.4 is 5.32 Å². The highest BCUT2D eigenvalue weighted by Gasteiger charge is 2.39. The van der Waals surface area contributed by atoms with Crippen LogP contribution in [0.2, 0.25) is 0 Å². The van der Waals surface area contributed by atoms with Gasteiger partial charge in [0.25, 0.3) is 0 Å². The van der Waals surface area contributed by atoms with Crippen molar-refractivity contribution < 1.29 is 4.79 Å². The van der Waals surface area contributed by atoms with Crippen LogP contribution in [0.1, 0.15) is 10.4 Å². The molecule has 0 saturated carbocycles. The van der Waals surface area contributed by atoms with Crippen LogP contribution in [0.4, 0.5) is 0 Å². The van der Waals surface area contributed by atoms with Gasteiger partial charge in [0, 0.05) is 24.5 Å². The topological polar surface area (TPSA) is 32.1 Å². The van der Waals surface area contributed by atoms with E-state index in [-0.39, 0.29) is 11.9 Å². The lowest BCUT2D eigenvalue weighted by Gasteiger charge is -2.05. The van der Waals surface area contributed by atoms with Gasteiger partial charge < -0.3 is 5.32 Å².